The van der Waals surface area contributed by atoms with Crippen molar-refractivity contribution in [3.05, 3.63) is 179 Å². The number of rotatable bonds is 17. The summed E-state index contributed by atoms with van der Waals surface area (Å²) in [5.41, 5.74) is 7.63. The summed E-state index contributed by atoms with van der Waals surface area (Å²) in [6.45, 7) is 2.46. The highest BCUT2D eigenvalue weighted by molar-refractivity contribution is 5.25. The largest absolute Gasteiger partial charge is 0.0622 e. The zero-order valence-electron chi connectivity index (χ0n) is 26.7. The first-order valence-corrected chi connectivity index (χ1v) is 16.9. The molecule has 0 saturated heterocycles. The van der Waals surface area contributed by atoms with Gasteiger partial charge in [-0.1, -0.05) is 165 Å². The van der Waals surface area contributed by atoms with Crippen LogP contribution in [0.5, 0.6) is 0 Å². The lowest BCUT2D eigenvalue weighted by molar-refractivity contribution is 0.174. The van der Waals surface area contributed by atoms with E-state index in [0.717, 1.165) is 19.3 Å². The van der Waals surface area contributed by atoms with Crippen LogP contribution in [0.15, 0.2) is 152 Å². The lowest BCUT2D eigenvalue weighted by Gasteiger charge is -2.38. The third kappa shape index (κ3) is 9.81. The van der Waals surface area contributed by atoms with E-state index in [-0.39, 0.29) is 0 Å². The second-order valence-corrected chi connectivity index (χ2v) is 13.0. The summed E-state index contributed by atoms with van der Waals surface area (Å²) in [5, 5.41) is 0. The molecule has 5 aromatic carbocycles. The number of aryl methyl sites for hydroxylation is 2. The average molecular weight is 579 g/mol. The van der Waals surface area contributed by atoms with E-state index >= 15 is 0 Å². The van der Waals surface area contributed by atoms with Crippen molar-refractivity contribution in [3.63, 3.8) is 0 Å². The third-order valence-corrected chi connectivity index (χ3v) is 9.77. The predicted molar refractivity (Wildman–Crippen MR) is 189 cm³/mol. The molecule has 226 valence electrons. The summed E-state index contributed by atoms with van der Waals surface area (Å²) in [4.78, 5) is 0. The van der Waals surface area contributed by atoms with E-state index in [2.05, 4.69) is 159 Å². The fourth-order valence-corrected chi connectivity index (χ4v) is 7.33. The zero-order valence-corrected chi connectivity index (χ0v) is 26.7. The minimum absolute atomic E-state index is 0.299. The maximum atomic E-state index is 2.46. The van der Waals surface area contributed by atoms with E-state index in [1.54, 1.807) is 0 Å². The minimum atomic E-state index is 0.299. The highest BCUT2D eigenvalue weighted by Crippen LogP contribution is 2.45. The Morgan fingerprint density at radius 3 is 1.48 bits per heavy atom. The van der Waals surface area contributed by atoms with E-state index in [0.29, 0.717) is 17.3 Å². The molecule has 0 heteroatoms. The fraction of sp³-hybridized carbons (Fsp3) is 0.318. The van der Waals surface area contributed by atoms with Gasteiger partial charge in [-0.15, -0.1) is 0 Å². The Morgan fingerprint density at radius 1 is 0.455 bits per heavy atom. The standard InChI is InChI=1S/C44H50/c1-37(41-26-13-5-14-27-41)36-44(34-31-39-21-9-3-10-22-39,32-17-25-38-19-7-2-8-20-38)33-18-30-43(42-28-15-6-16-29-42)35-40-23-11-4-12-24-40/h2-16,19-24,26-29,37,43H,17-18,25,30-36H2,1H3. The van der Waals surface area contributed by atoms with Crippen molar-refractivity contribution in [2.45, 2.75) is 83.0 Å². The molecule has 5 rings (SSSR count). The summed E-state index contributed by atoms with van der Waals surface area (Å²) in [6, 6.07) is 55.9. The molecule has 3 unspecified atom stereocenters. The Morgan fingerprint density at radius 2 is 0.909 bits per heavy atom. The normalized spacial score (nSPS) is 14.0. The van der Waals surface area contributed by atoms with Gasteiger partial charge in [0, 0.05) is 0 Å². The molecular formula is C44H50. The zero-order chi connectivity index (χ0) is 30.3. The summed E-state index contributed by atoms with van der Waals surface area (Å²) >= 11 is 0. The number of hydrogen-bond acceptors (Lipinski definition) is 0. The molecule has 0 fully saturated rings. The molecule has 0 nitrogen and oxygen atoms in total. The maximum Gasteiger partial charge on any atom is -0.0121 e. The molecule has 44 heavy (non-hydrogen) atoms. The Hall–Kier alpha value is -3.90. The molecule has 0 aromatic heterocycles. The van der Waals surface area contributed by atoms with Crippen molar-refractivity contribution < 1.29 is 0 Å². The molecule has 0 amide bonds. The van der Waals surface area contributed by atoms with Crippen LogP contribution in [-0.2, 0) is 19.3 Å². The average Bonchev–Trinajstić information content (AvgIpc) is 3.09. The smallest absolute Gasteiger partial charge is 0.0121 e. The molecule has 0 bridgehead atoms. The second-order valence-electron chi connectivity index (χ2n) is 13.0. The second kappa shape index (κ2) is 16.8. The molecule has 0 aliphatic carbocycles. The molecule has 0 N–H and O–H groups in total. The highest BCUT2D eigenvalue weighted by atomic mass is 14.4. The van der Waals surface area contributed by atoms with E-state index in [1.807, 2.05) is 0 Å². The first-order chi connectivity index (χ1) is 21.7. The molecule has 0 aliphatic heterocycles. The molecule has 0 heterocycles. The van der Waals surface area contributed by atoms with Crippen molar-refractivity contribution in [1.29, 1.82) is 0 Å². The molecule has 5 aromatic rings. The van der Waals surface area contributed by atoms with Gasteiger partial charge in [-0.25, -0.2) is 0 Å². The van der Waals surface area contributed by atoms with Crippen molar-refractivity contribution in [2.75, 3.05) is 0 Å². The first kappa shape index (κ1) is 31.5. The van der Waals surface area contributed by atoms with Gasteiger partial charge in [-0.3, -0.25) is 0 Å². The van der Waals surface area contributed by atoms with E-state index in [9.17, 15) is 0 Å². The van der Waals surface area contributed by atoms with E-state index in [1.165, 1.54) is 72.8 Å². The van der Waals surface area contributed by atoms with Crippen LogP contribution in [0.4, 0.5) is 0 Å². The SMILES string of the molecule is CC(CC(CCCc1ccccc1)(CCCC(Cc1ccccc1)c1ccccc1)CCc1ccccc1)c1ccccc1. The molecule has 0 aliphatic rings. The Bertz CT molecular complexity index is 1440. The van der Waals surface area contributed by atoms with Gasteiger partial charge in [0.2, 0.25) is 0 Å². The highest BCUT2D eigenvalue weighted by Gasteiger charge is 2.32. The van der Waals surface area contributed by atoms with Gasteiger partial charge < -0.3 is 0 Å². The van der Waals surface area contributed by atoms with Crippen molar-refractivity contribution in [2.24, 2.45) is 5.41 Å². The van der Waals surface area contributed by atoms with Crippen LogP contribution in [0.1, 0.15) is 91.5 Å². The van der Waals surface area contributed by atoms with Crippen molar-refractivity contribution in [1.82, 2.24) is 0 Å². The monoisotopic (exact) mass is 578 g/mol. The van der Waals surface area contributed by atoms with Crippen LogP contribution in [0.3, 0.4) is 0 Å². The third-order valence-electron chi connectivity index (χ3n) is 9.77. The van der Waals surface area contributed by atoms with Gasteiger partial charge in [0.1, 0.15) is 0 Å². The molecule has 0 saturated carbocycles. The summed E-state index contributed by atoms with van der Waals surface area (Å²) < 4.78 is 0. The van der Waals surface area contributed by atoms with Crippen LogP contribution in [0, 0.1) is 5.41 Å². The van der Waals surface area contributed by atoms with Gasteiger partial charge in [-0.05, 0) is 103 Å². The van der Waals surface area contributed by atoms with Crippen LogP contribution >= 0.6 is 0 Å². The number of hydrogen-bond donors (Lipinski definition) is 0. The fourth-order valence-electron chi connectivity index (χ4n) is 7.33. The van der Waals surface area contributed by atoms with E-state index < -0.39 is 0 Å². The molecule has 0 radical (unpaired) electrons. The lowest BCUT2D eigenvalue weighted by atomic mass is 9.67. The van der Waals surface area contributed by atoms with Crippen molar-refractivity contribution >= 4 is 0 Å². The molecule has 0 spiro atoms. The topological polar surface area (TPSA) is 0 Å². The maximum absolute atomic E-state index is 2.46. The van der Waals surface area contributed by atoms with Crippen LogP contribution in [0.2, 0.25) is 0 Å². The van der Waals surface area contributed by atoms with Gasteiger partial charge in [0.15, 0.2) is 0 Å². The van der Waals surface area contributed by atoms with Crippen LogP contribution < -0.4 is 0 Å². The summed E-state index contributed by atoms with van der Waals surface area (Å²) in [7, 11) is 0. The Kier molecular flexibility index (Phi) is 12.0. The Balaban J connectivity index is 1.37. The number of benzene rings is 5. The predicted octanol–water partition coefficient (Wildman–Crippen LogP) is 12.0. The minimum Gasteiger partial charge on any atom is -0.0622 e. The first-order valence-electron chi connectivity index (χ1n) is 16.9. The Labute approximate surface area is 267 Å². The molecule has 3 atom stereocenters. The van der Waals surface area contributed by atoms with Crippen LogP contribution in [0.25, 0.3) is 0 Å². The lowest BCUT2D eigenvalue weighted by Crippen LogP contribution is -2.25. The van der Waals surface area contributed by atoms with Gasteiger partial charge in [0.05, 0.1) is 0 Å². The van der Waals surface area contributed by atoms with Gasteiger partial charge in [0.25, 0.3) is 0 Å². The van der Waals surface area contributed by atoms with Crippen LogP contribution in [-0.4, -0.2) is 0 Å². The van der Waals surface area contributed by atoms with E-state index in [4.69, 9.17) is 0 Å². The van der Waals surface area contributed by atoms with Gasteiger partial charge in [-0.2, -0.15) is 0 Å². The molecular weight excluding hydrogens is 528 g/mol. The summed E-state index contributed by atoms with van der Waals surface area (Å²) in [5.74, 6) is 1.08. The quantitative estimate of drug-likeness (QED) is 0.103. The van der Waals surface area contributed by atoms with Gasteiger partial charge >= 0.3 is 0 Å². The summed E-state index contributed by atoms with van der Waals surface area (Å²) in [6.07, 6.45) is 12.2. The van der Waals surface area contributed by atoms with Crippen molar-refractivity contribution in [3.8, 4) is 0 Å².